The zero-order chi connectivity index (χ0) is 24.9. The predicted octanol–water partition coefficient (Wildman–Crippen LogP) is 1.64. The van der Waals surface area contributed by atoms with Crippen LogP contribution in [-0.2, 0) is 52.3 Å². The first-order valence-corrected chi connectivity index (χ1v) is 13.7. The molecule has 11 nitrogen and oxygen atoms in total. The van der Waals surface area contributed by atoms with Crippen molar-refractivity contribution in [1.82, 2.24) is 0 Å². The first-order chi connectivity index (χ1) is 16.8. The molecule has 0 spiro atoms. The molecular weight excluding hydrogens is 504 g/mol. The van der Waals surface area contributed by atoms with Crippen LogP contribution in [0.15, 0.2) is 70.5 Å². The van der Waals surface area contributed by atoms with Gasteiger partial charge in [0.25, 0.3) is 26.7 Å². The molecule has 35 heavy (non-hydrogen) atoms. The SMILES string of the molecule is CCOC1O[C@@H]2[C@@H](O1)[C@H](COS(=O)(=O)c1ccccc1)OCO[C@H]2COS(=O)(=O)c1ccccc1. The van der Waals surface area contributed by atoms with Crippen LogP contribution in [0, 0.1) is 0 Å². The molecule has 2 heterocycles. The van der Waals surface area contributed by atoms with Gasteiger partial charge < -0.3 is 23.7 Å². The van der Waals surface area contributed by atoms with Gasteiger partial charge in [-0.05, 0) is 31.2 Å². The Balaban J connectivity index is 1.46. The largest absolute Gasteiger partial charge is 0.347 e. The molecule has 2 fully saturated rings. The van der Waals surface area contributed by atoms with Crippen LogP contribution in [-0.4, -0.2) is 74.3 Å². The van der Waals surface area contributed by atoms with E-state index in [1.165, 1.54) is 24.3 Å². The van der Waals surface area contributed by atoms with Crippen LogP contribution in [0.4, 0.5) is 0 Å². The summed E-state index contributed by atoms with van der Waals surface area (Å²) in [5, 5.41) is 0. The Labute approximate surface area is 204 Å². The van der Waals surface area contributed by atoms with Crippen molar-refractivity contribution >= 4 is 20.2 Å². The molecule has 2 aliphatic heterocycles. The molecule has 0 radical (unpaired) electrons. The zero-order valence-corrected chi connectivity index (χ0v) is 20.4. The summed E-state index contributed by atoms with van der Waals surface area (Å²) in [6.07, 6.45) is -3.60. The van der Waals surface area contributed by atoms with Gasteiger partial charge in [-0.3, -0.25) is 8.37 Å². The molecule has 2 aliphatic rings. The van der Waals surface area contributed by atoms with E-state index in [-0.39, 0.29) is 36.4 Å². The highest BCUT2D eigenvalue weighted by Gasteiger charge is 2.49. The van der Waals surface area contributed by atoms with Gasteiger partial charge in [-0.2, -0.15) is 16.8 Å². The van der Waals surface area contributed by atoms with E-state index in [4.69, 9.17) is 32.1 Å². The van der Waals surface area contributed by atoms with Crippen molar-refractivity contribution in [1.29, 1.82) is 0 Å². The highest BCUT2D eigenvalue weighted by molar-refractivity contribution is 7.87. The van der Waals surface area contributed by atoms with E-state index in [2.05, 4.69) is 0 Å². The quantitative estimate of drug-likeness (QED) is 0.415. The van der Waals surface area contributed by atoms with Crippen LogP contribution in [0.5, 0.6) is 0 Å². The molecule has 0 aromatic heterocycles. The Morgan fingerprint density at radius 3 is 1.57 bits per heavy atom. The lowest BCUT2D eigenvalue weighted by atomic mass is 10.0. The number of benzene rings is 2. The predicted molar refractivity (Wildman–Crippen MR) is 119 cm³/mol. The molecule has 2 aromatic rings. The topological polar surface area (TPSA) is 133 Å². The molecule has 0 unspecified atom stereocenters. The average molecular weight is 531 g/mol. The van der Waals surface area contributed by atoms with Crippen LogP contribution in [0.3, 0.4) is 0 Å². The second kappa shape index (κ2) is 11.4. The molecule has 0 N–H and O–H groups in total. The van der Waals surface area contributed by atoms with Crippen LogP contribution in [0.25, 0.3) is 0 Å². The third-order valence-electron chi connectivity index (χ3n) is 5.30. The highest BCUT2D eigenvalue weighted by Crippen LogP contribution is 2.31. The highest BCUT2D eigenvalue weighted by atomic mass is 32.2. The normalized spacial score (nSPS) is 25.7. The molecule has 0 bridgehead atoms. The van der Waals surface area contributed by atoms with Crippen LogP contribution >= 0.6 is 0 Å². The fourth-order valence-corrected chi connectivity index (χ4v) is 5.45. The van der Waals surface area contributed by atoms with Gasteiger partial charge in [-0.15, -0.1) is 0 Å². The Bertz CT molecular complexity index is 1070. The van der Waals surface area contributed by atoms with Gasteiger partial charge in [0.1, 0.15) is 31.2 Å². The minimum atomic E-state index is -4.05. The van der Waals surface area contributed by atoms with E-state index in [9.17, 15) is 16.8 Å². The van der Waals surface area contributed by atoms with E-state index in [1.807, 2.05) is 0 Å². The summed E-state index contributed by atoms with van der Waals surface area (Å²) in [5.41, 5.74) is 0. The second-order valence-electron chi connectivity index (χ2n) is 7.58. The smallest absolute Gasteiger partial charge is 0.297 e. The summed E-state index contributed by atoms with van der Waals surface area (Å²) < 4.78 is 88.8. The molecule has 2 aromatic carbocycles. The Hall–Kier alpha value is -1.94. The summed E-state index contributed by atoms with van der Waals surface area (Å²) in [7, 11) is -8.10. The maximum atomic E-state index is 12.5. The second-order valence-corrected chi connectivity index (χ2v) is 10.8. The van der Waals surface area contributed by atoms with Crippen molar-refractivity contribution in [2.75, 3.05) is 26.6 Å². The first kappa shape index (κ1) is 26.1. The molecule has 4 rings (SSSR count). The van der Waals surface area contributed by atoms with E-state index < -0.39 is 51.1 Å². The zero-order valence-electron chi connectivity index (χ0n) is 18.8. The van der Waals surface area contributed by atoms with Crippen molar-refractivity contribution in [3.63, 3.8) is 0 Å². The summed E-state index contributed by atoms with van der Waals surface area (Å²) in [6, 6.07) is 15.3. The van der Waals surface area contributed by atoms with Crippen LogP contribution in [0.2, 0.25) is 0 Å². The summed E-state index contributed by atoms with van der Waals surface area (Å²) in [5.74, 6) is 0. The molecule has 4 atom stereocenters. The number of hydrogen-bond donors (Lipinski definition) is 0. The molecule has 0 saturated carbocycles. The minimum absolute atomic E-state index is 0.00500. The van der Waals surface area contributed by atoms with Crippen molar-refractivity contribution in [2.45, 2.75) is 47.6 Å². The van der Waals surface area contributed by atoms with E-state index in [1.54, 1.807) is 43.3 Å². The fourth-order valence-electron chi connectivity index (χ4n) is 3.57. The number of fused-ring (bicyclic) bond motifs is 1. The third kappa shape index (κ3) is 6.44. The van der Waals surface area contributed by atoms with Gasteiger partial charge in [0.15, 0.2) is 0 Å². The maximum Gasteiger partial charge on any atom is 0.297 e. The van der Waals surface area contributed by atoms with Gasteiger partial charge in [0.2, 0.25) is 0 Å². The number of ether oxygens (including phenoxy) is 5. The molecule has 0 aliphatic carbocycles. The number of hydrogen-bond acceptors (Lipinski definition) is 11. The Kier molecular flexibility index (Phi) is 8.52. The van der Waals surface area contributed by atoms with Gasteiger partial charge >= 0.3 is 0 Å². The monoisotopic (exact) mass is 530 g/mol. The van der Waals surface area contributed by atoms with Crippen molar-refractivity contribution < 1.29 is 48.9 Å². The van der Waals surface area contributed by atoms with Gasteiger partial charge in [0, 0.05) is 6.61 Å². The van der Waals surface area contributed by atoms with Crippen molar-refractivity contribution in [2.24, 2.45) is 0 Å². The molecular formula is C22H26O11S2. The van der Waals surface area contributed by atoms with Crippen LogP contribution in [0.1, 0.15) is 6.92 Å². The third-order valence-corrected chi connectivity index (χ3v) is 7.89. The molecule has 0 amide bonds. The summed E-state index contributed by atoms with van der Waals surface area (Å²) in [6.45, 7) is -0.133. The van der Waals surface area contributed by atoms with Gasteiger partial charge in [-0.25, -0.2) is 0 Å². The molecule has 192 valence electrons. The fraction of sp³-hybridized carbons (Fsp3) is 0.455. The van der Waals surface area contributed by atoms with Crippen molar-refractivity contribution in [3.8, 4) is 0 Å². The van der Waals surface area contributed by atoms with E-state index in [0.717, 1.165) is 0 Å². The first-order valence-electron chi connectivity index (χ1n) is 10.8. The summed E-state index contributed by atoms with van der Waals surface area (Å²) >= 11 is 0. The van der Waals surface area contributed by atoms with Crippen LogP contribution < -0.4 is 0 Å². The molecule has 2 saturated heterocycles. The Morgan fingerprint density at radius 2 is 1.17 bits per heavy atom. The lowest BCUT2D eigenvalue weighted by molar-refractivity contribution is -0.261. The average Bonchev–Trinajstić information content (AvgIpc) is 3.20. The van der Waals surface area contributed by atoms with E-state index in [0.29, 0.717) is 0 Å². The number of rotatable bonds is 10. The van der Waals surface area contributed by atoms with Crippen molar-refractivity contribution in [3.05, 3.63) is 60.7 Å². The Morgan fingerprint density at radius 1 is 0.743 bits per heavy atom. The standard InChI is InChI=1S/C22H26O11S2/c1-2-27-22-32-20-18(13-30-34(23,24)16-9-5-3-6-10-16)28-15-29-19(21(20)33-22)14-31-35(25,26)17-11-7-4-8-12-17/h3-12,18-22H,2,13-15H2,1H3/t18-,19-,20-,21-/m0/s1. The van der Waals surface area contributed by atoms with Gasteiger partial charge in [-0.1, -0.05) is 36.4 Å². The summed E-state index contributed by atoms with van der Waals surface area (Å²) in [4.78, 5) is -0.01000. The maximum absolute atomic E-state index is 12.5. The lowest BCUT2D eigenvalue weighted by Crippen LogP contribution is -2.45. The lowest BCUT2D eigenvalue weighted by Gasteiger charge is -2.24. The molecule has 13 heteroatoms. The minimum Gasteiger partial charge on any atom is -0.347 e. The van der Waals surface area contributed by atoms with Gasteiger partial charge in [0.05, 0.1) is 23.0 Å². The van der Waals surface area contributed by atoms with E-state index >= 15 is 0 Å².